The normalized spacial score (nSPS) is 11.0. The smallest absolute Gasteiger partial charge is 0.264 e. The van der Waals surface area contributed by atoms with Gasteiger partial charge in [-0.15, -0.1) is 16.8 Å². The van der Waals surface area contributed by atoms with Crippen LogP contribution in [0.5, 0.6) is 0 Å². The van der Waals surface area contributed by atoms with Gasteiger partial charge >= 0.3 is 0 Å². The minimum atomic E-state index is -3.92. The topological polar surface area (TPSA) is 92.3 Å². The van der Waals surface area contributed by atoms with Crippen molar-refractivity contribution in [1.29, 1.82) is 0 Å². The number of sulfonamides is 1. The van der Waals surface area contributed by atoms with Crippen LogP contribution in [0.2, 0.25) is 0 Å². The van der Waals surface area contributed by atoms with Gasteiger partial charge in [0.25, 0.3) is 10.0 Å². The lowest BCUT2D eigenvalue weighted by Gasteiger charge is -2.23. The van der Waals surface area contributed by atoms with Crippen LogP contribution in [-0.4, -0.2) is 36.8 Å². The number of aromatic nitrogens is 2. The minimum Gasteiger partial charge on any atom is -0.299 e. The molecule has 3 aromatic rings. The first kappa shape index (κ1) is 21.0. The van der Waals surface area contributed by atoms with Gasteiger partial charge in [0.1, 0.15) is 6.54 Å². The molecule has 0 unspecified atom stereocenters. The molecule has 10 heteroatoms. The van der Waals surface area contributed by atoms with Crippen molar-refractivity contribution in [2.45, 2.75) is 9.24 Å². The molecule has 0 radical (unpaired) electrons. The molecule has 3 rings (SSSR count). The van der Waals surface area contributed by atoms with Crippen molar-refractivity contribution in [3.63, 3.8) is 0 Å². The summed E-state index contributed by atoms with van der Waals surface area (Å²) in [4.78, 5) is 12.7. The molecule has 0 atom stereocenters. The number of nitrogens with zero attached hydrogens (tertiary/aromatic N) is 3. The zero-order chi connectivity index (χ0) is 20.7. The third kappa shape index (κ3) is 5.43. The van der Waals surface area contributed by atoms with Crippen LogP contribution < -0.4 is 9.62 Å². The number of carbonyl (C=O) groups is 1. The van der Waals surface area contributed by atoms with Gasteiger partial charge in [-0.2, -0.15) is 0 Å². The Labute approximate surface area is 177 Å². The fraction of sp³-hybridized carbons (Fsp3) is 0.105. The van der Waals surface area contributed by atoms with Crippen molar-refractivity contribution in [3.8, 4) is 0 Å². The molecule has 29 heavy (non-hydrogen) atoms. The molecule has 7 nitrogen and oxygen atoms in total. The average molecular weight is 447 g/mol. The molecule has 0 bridgehead atoms. The number of benzene rings is 2. The molecule has 0 spiro atoms. The maximum atomic E-state index is 13.2. The lowest BCUT2D eigenvalue weighted by Crippen LogP contribution is -2.38. The van der Waals surface area contributed by atoms with Gasteiger partial charge in [0.15, 0.2) is 4.34 Å². The molecule has 0 aliphatic rings. The number of amides is 1. The number of anilines is 2. The van der Waals surface area contributed by atoms with E-state index in [0.717, 1.165) is 4.31 Å². The second-order valence-corrected chi connectivity index (χ2v) is 9.79. The molecule has 0 saturated carbocycles. The Bertz CT molecular complexity index is 1070. The highest BCUT2D eigenvalue weighted by Crippen LogP contribution is 2.26. The highest BCUT2D eigenvalue weighted by Gasteiger charge is 2.27. The predicted octanol–water partition coefficient (Wildman–Crippen LogP) is 3.65. The molecule has 1 amide bonds. The van der Waals surface area contributed by atoms with Crippen LogP contribution in [0.4, 0.5) is 10.8 Å². The van der Waals surface area contributed by atoms with Crippen LogP contribution in [0, 0.1) is 0 Å². The Morgan fingerprint density at radius 3 is 2.41 bits per heavy atom. The van der Waals surface area contributed by atoms with Crippen molar-refractivity contribution < 1.29 is 13.2 Å². The minimum absolute atomic E-state index is 0.107. The maximum absolute atomic E-state index is 13.2. The van der Waals surface area contributed by atoms with Gasteiger partial charge in [-0.05, 0) is 24.3 Å². The summed E-state index contributed by atoms with van der Waals surface area (Å²) in [7, 11) is -3.92. The number of carbonyl (C=O) groups excluding carboxylic acids is 1. The SMILES string of the molecule is C=CCSc1nnc(NC(=O)CN(c2ccccc2)S(=O)(=O)c2ccccc2)s1. The van der Waals surface area contributed by atoms with Crippen molar-refractivity contribution in [3.05, 3.63) is 73.3 Å². The molecule has 0 aliphatic heterocycles. The van der Waals surface area contributed by atoms with E-state index < -0.39 is 22.5 Å². The standard InChI is InChI=1S/C19H18N4O3S3/c1-2-13-27-19-22-21-18(28-19)20-17(24)14-23(15-9-5-3-6-10-15)29(25,26)16-11-7-4-8-12-16/h2-12H,1,13-14H2,(H,20,21,24). The Morgan fingerprint density at radius 1 is 1.10 bits per heavy atom. The Balaban J connectivity index is 1.81. The van der Waals surface area contributed by atoms with Gasteiger partial charge in [0.2, 0.25) is 11.0 Å². The highest BCUT2D eigenvalue weighted by molar-refractivity contribution is 8.01. The molecular formula is C19H18N4O3S3. The number of rotatable bonds is 9. The summed E-state index contributed by atoms with van der Waals surface area (Å²) in [5.74, 6) is 0.171. The summed E-state index contributed by atoms with van der Waals surface area (Å²) >= 11 is 2.67. The van der Waals surface area contributed by atoms with E-state index in [2.05, 4.69) is 22.1 Å². The average Bonchev–Trinajstić information content (AvgIpc) is 3.18. The summed E-state index contributed by atoms with van der Waals surface area (Å²) in [6.45, 7) is 3.25. The molecule has 150 valence electrons. The van der Waals surface area contributed by atoms with E-state index in [9.17, 15) is 13.2 Å². The van der Waals surface area contributed by atoms with Crippen molar-refractivity contribution in [2.75, 3.05) is 21.9 Å². The molecule has 0 aliphatic carbocycles. The first-order chi connectivity index (χ1) is 14.0. The van der Waals surface area contributed by atoms with Crippen LogP contribution in [0.25, 0.3) is 0 Å². The first-order valence-corrected chi connectivity index (χ1v) is 11.7. The van der Waals surface area contributed by atoms with Crippen LogP contribution in [0.3, 0.4) is 0 Å². The third-order valence-corrected chi connectivity index (χ3v) is 7.40. The lowest BCUT2D eigenvalue weighted by molar-refractivity contribution is -0.114. The molecule has 0 saturated heterocycles. The fourth-order valence-corrected chi connectivity index (χ4v) is 5.34. The molecule has 0 fully saturated rings. The molecular weight excluding hydrogens is 428 g/mol. The number of nitrogens with one attached hydrogen (secondary N) is 1. The summed E-state index contributed by atoms with van der Waals surface area (Å²) in [6.07, 6.45) is 1.75. The van der Waals surface area contributed by atoms with E-state index in [1.165, 1.54) is 35.2 Å². The molecule has 1 N–H and O–H groups in total. The van der Waals surface area contributed by atoms with E-state index in [1.807, 2.05) is 0 Å². The van der Waals surface area contributed by atoms with Gasteiger partial charge in [-0.3, -0.25) is 14.4 Å². The van der Waals surface area contributed by atoms with E-state index in [4.69, 9.17) is 0 Å². The van der Waals surface area contributed by atoms with Crippen molar-refractivity contribution in [1.82, 2.24) is 10.2 Å². The first-order valence-electron chi connectivity index (χ1n) is 8.50. The number of hydrogen-bond donors (Lipinski definition) is 1. The fourth-order valence-electron chi connectivity index (χ4n) is 2.37. The Hall–Kier alpha value is -2.69. The zero-order valence-electron chi connectivity index (χ0n) is 15.3. The largest absolute Gasteiger partial charge is 0.299 e. The number of para-hydroxylation sites is 1. The predicted molar refractivity (Wildman–Crippen MR) is 117 cm³/mol. The second-order valence-electron chi connectivity index (χ2n) is 5.68. The van der Waals surface area contributed by atoms with Crippen LogP contribution in [-0.2, 0) is 14.8 Å². The molecule has 2 aromatic carbocycles. The molecule has 1 aromatic heterocycles. The van der Waals surface area contributed by atoms with E-state index >= 15 is 0 Å². The monoisotopic (exact) mass is 446 g/mol. The van der Waals surface area contributed by atoms with Crippen molar-refractivity contribution in [2.24, 2.45) is 0 Å². The zero-order valence-corrected chi connectivity index (χ0v) is 17.7. The quantitative estimate of drug-likeness (QED) is 0.306. The van der Waals surface area contributed by atoms with E-state index in [1.54, 1.807) is 54.6 Å². The molecule has 1 heterocycles. The van der Waals surface area contributed by atoms with Crippen LogP contribution >= 0.6 is 23.1 Å². The third-order valence-electron chi connectivity index (χ3n) is 3.64. The van der Waals surface area contributed by atoms with Gasteiger partial charge in [-0.25, -0.2) is 8.42 Å². The van der Waals surface area contributed by atoms with E-state index in [-0.39, 0.29) is 4.90 Å². The van der Waals surface area contributed by atoms with Gasteiger partial charge < -0.3 is 0 Å². The van der Waals surface area contributed by atoms with Gasteiger partial charge in [-0.1, -0.05) is 65.6 Å². The summed E-state index contributed by atoms with van der Waals surface area (Å²) in [6, 6.07) is 16.5. The van der Waals surface area contributed by atoms with E-state index in [0.29, 0.717) is 20.9 Å². The summed E-state index contributed by atoms with van der Waals surface area (Å²) in [5.41, 5.74) is 0.394. The summed E-state index contributed by atoms with van der Waals surface area (Å²) in [5, 5.41) is 10.8. The second kappa shape index (κ2) is 9.68. The maximum Gasteiger partial charge on any atom is 0.264 e. The van der Waals surface area contributed by atoms with Crippen LogP contribution in [0.1, 0.15) is 0 Å². The number of thioether (sulfide) groups is 1. The van der Waals surface area contributed by atoms with Gasteiger partial charge in [0, 0.05) is 5.75 Å². The summed E-state index contributed by atoms with van der Waals surface area (Å²) < 4.78 is 28.1. The highest BCUT2D eigenvalue weighted by atomic mass is 32.2. The Morgan fingerprint density at radius 2 is 1.76 bits per heavy atom. The number of hydrogen-bond acceptors (Lipinski definition) is 7. The van der Waals surface area contributed by atoms with Crippen molar-refractivity contribution >= 4 is 49.8 Å². The lowest BCUT2D eigenvalue weighted by atomic mass is 10.3. The van der Waals surface area contributed by atoms with Gasteiger partial charge in [0.05, 0.1) is 10.6 Å². The Kier molecular flexibility index (Phi) is 7.02. The van der Waals surface area contributed by atoms with Crippen LogP contribution in [0.15, 0.2) is 82.6 Å².